The summed E-state index contributed by atoms with van der Waals surface area (Å²) in [5, 5.41) is 12.8. The normalized spacial score (nSPS) is 26.2. The molecule has 1 amide bonds. The first kappa shape index (κ1) is 22.4. The third kappa shape index (κ3) is 5.07. The lowest BCUT2D eigenvalue weighted by Gasteiger charge is -2.29. The maximum Gasteiger partial charge on any atom is 0.252 e. The van der Waals surface area contributed by atoms with E-state index in [-0.39, 0.29) is 17.9 Å². The number of hydrogen-bond acceptors (Lipinski definition) is 4. The van der Waals surface area contributed by atoms with Crippen molar-refractivity contribution in [3.63, 3.8) is 0 Å². The summed E-state index contributed by atoms with van der Waals surface area (Å²) in [6, 6.07) is 14.5. The van der Waals surface area contributed by atoms with Gasteiger partial charge in [0.25, 0.3) is 5.91 Å². The number of aliphatic hydroxyl groups is 1. The van der Waals surface area contributed by atoms with Crippen LogP contribution in [0.3, 0.4) is 0 Å². The molecule has 3 aliphatic rings. The van der Waals surface area contributed by atoms with Gasteiger partial charge in [-0.05, 0) is 73.9 Å². The minimum Gasteiger partial charge on any atom is -0.493 e. The monoisotopic (exact) mass is 452 g/mol. The van der Waals surface area contributed by atoms with Crippen LogP contribution in [0.25, 0.3) is 0 Å². The van der Waals surface area contributed by atoms with Crippen molar-refractivity contribution in [3.8, 4) is 5.75 Å². The molecule has 0 saturated heterocycles. The summed E-state index contributed by atoms with van der Waals surface area (Å²) in [4.78, 5) is 14.5. The summed E-state index contributed by atoms with van der Waals surface area (Å²) < 4.78 is 19.5. The number of carbonyl (C=O) groups excluding carboxylic acids is 1. The first-order valence-electron chi connectivity index (χ1n) is 12.0. The molecule has 2 aromatic rings. The molecule has 0 radical (unpaired) electrons. The lowest BCUT2D eigenvalue weighted by atomic mass is 9.98. The van der Waals surface area contributed by atoms with Gasteiger partial charge in [0.1, 0.15) is 17.0 Å². The van der Waals surface area contributed by atoms with Crippen LogP contribution >= 0.6 is 0 Å². The highest BCUT2D eigenvalue weighted by Gasteiger charge is 2.51. The van der Waals surface area contributed by atoms with E-state index in [1.807, 2.05) is 13.0 Å². The van der Waals surface area contributed by atoms with Gasteiger partial charge in [0.2, 0.25) is 0 Å². The summed E-state index contributed by atoms with van der Waals surface area (Å²) in [6.45, 7) is 6.79. The highest BCUT2D eigenvalue weighted by atomic mass is 19.1. The van der Waals surface area contributed by atoms with Gasteiger partial charge in [0, 0.05) is 25.6 Å². The summed E-state index contributed by atoms with van der Waals surface area (Å²) >= 11 is 0. The quantitative estimate of drug-likeness (QED) is 0.634. The van der Waals surface area contributed by atoms with Gasteiger partial charge in [-0.15, -0.1) is 0 Å². The van der Waals surface area contributed by atoms with Crippen molar-refractivity contribution < 1.29 is 19.0 Å². The van der Waals surface area contributed by atoms with Crippen LogP contribution in [-0.2, 0) is 24.3 Å². The fraction of sp³-hybridized carbons (Fsp3) is 0.519. The molecule has 6 heteroatoms. The van der Waals surface area contributed by atoms with Crippen LogP contribution in [0.4, 0.5) is 4.39 Å². The van der Waals surface area contributed by atoms with Gasteiger partial charge in [-0.1, -0.05) is 30.3 Å². The number of nitrogens with zero attached hydrogens (tertiary/aromatic N) is 1. The van der Waals surface area contributed by atoms with E-state index in [4.69, 9.17) is 4.74 Å². The zero-order chi connectivity index (χ0) is 23.2. The Hall–Kier alpha value is -2.44. The van der Waals surface area contributed by atoms with E-state index >= 15 is 0 Å². The van der Waals surface area contributed by atoms with Gasteiger partial charge < -0.3 is 15.2 Å². The Morgan fingerprint density at radius 2 is 1.97 bits per heavy atom. The van der Waals surface area contributed by atoms with Crippen LogP contribution in [0.5, 0.6) is 5.75 Å². The molecule has 0 bridgehead atoms. The predicted octanol–water partition coefficient (Wildman–Crippen LogP) is 4.07. The number of carbonyl (C=O) groups is 1. The van der Waals surface area contributed by atoms with Gasteiger partial charge >= 0.3 is 0 Å². The zero-order valence-corrected chi connectivity index (χ0v) is 19.4. The second-order valence-corrected chi connectivity index (χ2v) is 10.3. The topological polar surface area (TPSA) is 61.8 Å². The number of fused-ring (bicyclic) bond motifs is 1. The molecule has 33 heavy (non-hydrogen) atoms. The highest BCUT2D eigenvalue weighted by Crippen LogP contribution is 2.46. The fourth-order valence-electron chi connectivity index (χ4n) is 4.59. The van der Waals surface area contributed by atoms with E-state index in [0.29, 0.717) is 25.9 Å². The van der Waals surface area contributed by atoms with Crippen LogP contribution in [0.2, 0.25) is 0 Å². The number of benzene rings is 2. The maximum atomic E-state index is 13.7. The minimum absolute atomic E-state index is 0.0270. The van der Waals surface area contributed by atoms with Crippen LogP contribution in [0.1, 0.15) is 61.4 Å². The first-order chi connectivity index (χ1) is 15.7. The average molecular weight is 453 g/mol. The number of hydrogen-bond donors (Lipinski definition) is 2. The Bertz CT molecular complexity index is 1030. The van der Waals surface area contributed by atoms with E-state index in [1.54, 1.807) is 6.92 Å². The predicted molar refractivity (Wildman–Crippen MR) is 125 cm³/mol. The third-order valence-electron chi connectivity index (χ3n) is 7.44. The van der Waals surface area contributed by atoms with Crippen molar-refractivity contribution in [2.45, 2.75) is 69.9 Å². The van der Waals surface area contributed by atoms with Crippen molar-refractivity contribution in [1.29, 1.82) is 0 Å². The second kappa shape index (κ2) is 8.41. The number of rotatable bonds is 8. The first-order valence-corrected chi connectivity index (χ1v) is 12.0. The minimum atomic E-state index is -1.14. The highest BCUT2D eigenvalue weighted by molar-refractivity contribution is 5.88. The smallest absolute Gasteiger partial charge is 0.252 e. The molecule has 2 N–H and O–H groups in total. The molecule has 5 rings (SSSR count). The maximum absolute atomic E-state index is 13.7. The van der Waals surface area contributed by atoms with Gasteiger partial charge in [-0.25, -0.2) is 4.39 Å². The van der Waals surface area contributed by atoms with E-state index in [2.05, 4.69) is 46.6 Å². The largest absolute Gasteiger partial charge is 0.493 e. The van der Waals surface area contributed by atoms with Gasteiger partial charge in [-0.2, -0.15) is 0 Å². The molecule has 3 atom stereocenters. The molecule has 0 aromatic heterocycles. The van der Waals surface area contributed by atoms with Gasteiger partial charge in [0.15, 0.2) is 0 Å². The SMILES string of the molecule is C[C@H](NC(=O)C1(O)CC1)c1ccc(CN2CCc3cc(OC[C@@H]4CC4(C)F)ccc3C2)cc1. The van der Waals surface area contributed by atoms with Crippen molar-refractivity contribution >= 4 is 5.91 Å². The molecule has 176 valence electrons. The Balaban J connectivity index is 1.13. The number of halogens is 1. The van der Waals surface area contributed by atoms with E-state index < -0.39 is 11.3 Å². The molecule has 1 unspecified atom stereocenters. The molecule has 2 saturated carbocycles. The number of amides is 1. The number of alkyl halides is 1. The van der Waals surface area contributed by atoms with Crippen LogP contribution in [0, 0.1) is 5.92 Å². The van der Waals surface area contributed by atoms with E-state index in [0.717, 1.165) is 37.4 Å². The third-order valence-corrected chi connectivity index (χ3v) is 7.44. The summed E-state index contributed by atoms with van der Waals surface area (Å²) in [5.74, 6) is 0.600. The summed E-state index contributed by atoms with van der Waals surface area (Å²) in [7, 11) is 0. The number of ether oxygens (including phenoxy) is 1. The Labute approximate surface area is 194 Å². The molecule has 2 aromatic carbocycles. The van der Waals surface area contributed by atoms with Crippen LogP contribution in [0.15, 0.2) is 42.5 Å². The average Bonchev–Trinajstić information content (AvgIpc) is 3.69. The molecule has 2 aliphatic carbocycles. The van der Waals surface area contributed by atoms with Gasteiger partial charge in [-0.3, -0.25) is 9.69 Å². The van der Waals surface area contributed by atoms with Crippen LogP contribution in [-0.4, -0.2) is 40.3 Å². The van der Waals surface area contributed by atoms with E-state index in [9.17, 15) is 14.3 Å². The fourth-order valence-corrected chi connectivity index (χ4v) is 4.59. The molecule has 5 nitrogen and oxygen atoms in total. The lowest BCUT2D eigenvalue weighted by molar-refractivity contribution is -0.132. The Morgan fingerprint density at radius 3 is 2.64 bits per heavy atom. The van der Waals surface area contributed by atoms with Gasteiger partial charge in [0.05, 0.1) is 12.6 Å². The molecule has 2 fully saturated rings. The Kier molecular flexibility index (Phi) is 5.69. The Morgan fingerprint density at radius 1 is 1.24 bits per heavy atom. The van der Waals surface area contributed by atoms with Crippen molar-refractivity contribution in [2.75, 3.05) is 13.2 Å². The van der Waals surface area contributed by atoms with Crippen molar-refractivity contribution in [2.24, 2.45) is 5.92 Å². The summed E-state index contributed by atoms with van der Waals surface area (Å²) in [5.41, 5.74) is 2.73. The van der Waals surface area contributed by atoms with E-state index in [1.165, 1.54) is 16.7 Å². The molecule has 1 aliphatic heterocycles. The van der Waals surface area contributed by atoms with Crippen molar-refractivity contribution in [1.82, 2.24) is 10.2 Å². The van der Waals surface area contributed by atoms with Crippen LogP contribution < -0.4 is 10.1 Å². The summed E-state index contributed by atoms with van der Waals surface area (Å²) in [6.07, 6.45) is 2.68. The molecular formula is C27H33FN2O3. The standard InChI is InChI=1S/C27H33FN2O3/c1-18(29-25(31)27(32)10-11-27)20-5-3-19(4-6-20)15-30-12-9-21-13-24(8-7-22(21)16-30)33-17-23-14-26(23,2)28/h3-8,13,18,23,32H,9-12,14-17H2,1-2H3,(H,29,31)/t18-,23-,26?/m0/s1. The molecule has 0 spiro atoms. The molecule has 1 heterocycles. The molecular weight excluding hydrogens is 419 g/mol. The second-order valence-electron chi connectivity index (χ2n) is 10.3. The number of nitrogens with one attached hydrogen (secondary N) is 1. The zero-order valence-electron chi connectivity index (χ0n) is 19.4. The van der Waals surface area contributed by atoms with Crippen molar-refractivity contribution in [3.05, 3.63) is 64.7 Å². The lowest BCUT2D eigenvalue weighted by Crippen LogP contribution is -2.37.